The summed E-state index contributed by atoms with van der Waals surface area (Å²) in [4.78, 5) is 7.00. The van der Waals surface area contributed by atoms with Crippen molar-refractivity contribution in [3.8, 4) is 16.9 Å². The Labute approximate surface area is 128 Å². The van der Waals surface area contributed by atoms with Crippen LogP contribution in [0, 0.1) is 0 Å². The molecule has 7 heteroatoms. The number of para-hydroxylation sites is 1. The quantitative estimate of drug-likeness (QED) is 0.723. The zero-order chi connectivity index (χ0) is 15.0. The first-order valence-corrected chi connectivity index (χ1v) is 6.69. The number of rotatable bonds is 3. The van der Waals surface area contributed by atoms with Crippen molar-refractivity contribution in [3.05, 3.63) is 46.7 Å². The molecule has 1 heterocycles. The highest BCUT2D eigenvalue weighted by atomic mass is 35.5. The molecule has 3 nitrogen and oxygen atoms in total. The van der Waals surface area contributed by atoms with Crippen LogP contribution in [0.2, 0.25) is 10.0 Å². The number of benzene rings is 2. The van der Waals surface area contributed by atoms with E-state index in [4.69, 9.17) is 23.2 Å². The van der Waals surface area contributed by atoms with Gasteiger partial charge in [-0.2, -0.15) is 8.78 Å². The number of halogens is 4. The van der Waals surface area contributed by atoms with Gasteiger partial charge in [-0.05, 0) is 12.1 Å². The van der Waals surface area contributed by atoms with Crippen molar-refractivity contribution < 1.29 is 13.5 Å². The first-order valence-electron chi connectivity index (χ1n) is 5.93. The summed E-state index contributed by atoms with van der Waals surface area (Å²) < 4.78 is 29.6. The second-order valence-corrected chi connectivity index (χ2v) is 5.01. The number of hydrogen-bond acceptors (Lipinski definition) is 2. The fraction of sp³-hybridized carbons (Fsp3) is 0.0714. The maximum atomic E-state index is 12.5. The summed E-state index contributed by atoms with van der Waals surface area (Å²) in [6.45, 7) is -2.93. The smallest absolute Gasteiger partial charge is 0.387 e. The van der Waals surface area contributed by atoms with E-state index in [0.717, 1.165) is 0 Å². The van der Waals surface area contributed by atoms with Crippen LogP contribution in [0.5, 0.6) is 5.75 Å². The molecule has 0 aliphatic heterocycles. The number of imidazole rings is 1. The van der Waals surface area contributed by atoms with Gasteiger partial charge in [0.2, 0.25) is 0 Å². The third-order valence-corrected chi connectivity index (χ3v) is 3.64. The number of hydrogen-bond donors (Lipinski definition) is 1. The Balaban J connectivity index is 2.25. The Hall–Kier alpha value is -1.85. The Morgan fingerprint density at radius 2 is 1.95 bits per heavy atom. The van der Waals surface area contributed by atoms with E-state index in [-0.39, 0.29) is 10.8 Å². The van der Waals surface area contributed by atoms with E-state index < -0.39 is 6.61 Å². The average Bonchev–Trinajstić information content (AvgIpc) is 2.88. The summed E-state index contributed by atoms with van der Waals surface area (Å²) in [6.07, 6.45) is 1.48. The predicted octanol–water partition coefficient (Wildman–Crippen LogP) is 5.14. The molecule has 0 radical (unpaired) electrons. The van der Waals surface area contributed by atoms with Crippen molar-refractivity contribution in [2.24, 2.45) is 0 Å². The van der Waals surface area contributed by atoms with Crippen molar-refractivity contribution in [3.63, 3.8) is 0 Å². The van der Waals surface area contributed by atoms with Gasteiger partial charge >= 0.3 is 6.61 Å². The number of fused-ring (bicyclic) bond motifs is 1. The number of nitrogens with one attached hydrogen (secondary N) is 1. The standard InChI is InChI=1S/C14H8Cl2F2N2O/c15-8-5-9-13(20-6-19-9)12(16)11(8)7-3-1-2-4-10(7)21-14(17)18/h1-6,14H,(H,19,20). The minimum Gasteiger partial charge on any atom is -0.434 e. The number of nitrogens with zero attached hydrogens (tertiary/aromatic N) is 1. The largest absolute Gasteiger partial charge is 0.434 e. The molecule has 0 bridgehead atoms. The lowest BCUT2D eigenvalue weighted by Gasteiger charge is -2.13. The molecule has 1 aromatic heterocycles. The van der Waals surface area contributed by atoms with Crippen molar-refractivity contribution in [1.82, 2.24) is 9.97 Å². The highest BCUT2D eigenvalue weighted by Crippen LogP contribution is 2.42. The second kappa shape index (κ2) is 5.50. The van der Waals surface area contributed by atoms with Crippen LogP contribution in [-0.2, 0) is 0 Å². The molecular weight excluding hydrogens is 321 g/mol. The van der Waals surface area contributed by atoms with Gasteiger partial charge in [0.1, 0.15) is 11.3 Å². The molecular formula is C14H8Cl2F2N2O. The van der Waals surface area contributed by atoms with Crippen LogP contribution in [0.3, 0.4) is 0 Å². The van der Waals surface area contributed by atoms with Gasteiger partial charge in [-0.1, -0.05) is 41.4 Å². The Kier molecular flexibility index (Phi) is 3.69. The molecule has 0 saturated carbocycles. The maximum absolute atomic E-state index is 12.5. The van der Waals surface area contributed by atoms with Gasteiger partial charge in [-0.25, -0.2) is 4.98 Å². The molecule has 2 aromatic carbocycles. The number of ether oxygens (including phenoxy) is 1. The van der Waals surface area contributed by atoms with Crippen LogP contribution in [0.4, 0.5) is 8.78 Å². The van der Waals surface area contributed by atoms with E-state index in [9.17, 15) is 8.78 Å². The summed E-state index contributed by atoms with van der Waals surface area (Å²) in [5, 5.41) is 0.603. The third-order valence-electron chi connectivity index (χ3n) is 2.98. The molecule has 1 N–H and O–H groups in total. The SMILES string of the molecule is FC(F)Oc1ccccc1-c1c(Cl)cc2[nH]cnc2c1Cl. The average molecular weight is 329 g/mol. The van der Waals surface area contributed by atoms with Gasteiger partial charge in [0.05, 0.1) is 21.9 Å². The monoisotopic (exact) mass is 328 g/mol. The molecule has 3 rings (SSSR count). The second-order valence-electron chi connectivity index (χ2n) is 4.22. The van der Waals surface area contributed by atoms with Crippen LogP contribution in [0.1, 0.15) is 0 Å². The van der Waals surface area contributed by atoms with E-state index in [1.165, 1.54) is 12.4 Å². The van der Waals surface area contributed by atoms with Crippen molar-refractivity contribution in [2.45, 2.75) is 6.61 Å². The zero-order valence-corrected chi connectivity index (χ0v) is 11.9. The van der Waals surface area contributed by atoms with Crippen LogP contribution >= 0.6 is 23.2 Å². The summed E-state index contributed by atoms with van der Waals surface area (Å²) in [7, 11) is 0. The summed E-state index contributed by atoms with van der Waals surface area (Å²) >= 11 is 12.6. The minimum atomic E-state index is -2.93. The third kappa shape index (κ3) is 2.54. The molecule has 0 amide bonds. The van der Waals surface area contributed by atoms with Gasteiger partial charge < -0.3 is 9.72 Å². The first-order chi connectivity index (χ1) is 10.1. The van der Waals surface area contributed by atoms with Gasteiger partial charge in [-0.3, -0.25) is 0 Å². The summed E-state index contributed by atoms with van der Waals surface area (Å²) in [5.41, 5.74) is 1.98. The van der Waals surface area contributed by atoms with E-state index in [1.807, 2.05) is 0 Å². The Bertz CT molecular complexity index is 805. The predicted molar refractivity (Wildman–Crippen MR) is 78.2 cm³/mol. The molecule has 0 aliphatic rings. The number of alkyl halides is 2. The molecule has 0 aliphatic carbocycles. The maximum Gasteiger partial charge on any atom is 0.387 e. The highest BCUT2D eigenvalue weighted by Gasteiger charge is 2.19. The van der Waals surface area contributed by atoms with Crippen LogP contribution in [0.25, 0.3) is 22.2 Å². The molecule has 0 fully saturated rings. The molecule has 0 atom stereocenters. The lowest BCUT2D eigenvalue weighted by Crippen LogP contribution is -2.03. The summed E-state index contributed by atoms with van der Waals surface area (Å²) in [5.74, 6) is 0.00573. The van der Waals surface area contributed by atoms with E-state index in [2.05, 4.69) is 14.7 Å². The topological polar surface area (TPSA) is 37.9 Å². The lowest BCUT2D eigenvalue weighted by molar-refractivity contribution is -0.0494. The molecule has 108 valence electrons. The molecule has 0 spiro atoms. The Morgan fingerprint density at radius 1 is 1.19 bits per heavy atom. The molecule has 0 saturated heterocycles. The summed E-state index contributed by atoms with van der Waals surface area (Å²) in [6, 6.07) is 7.97. The normalized spacial score (nSPS) is 11.3. The van der Waals surface area contributed by atoms with Crippen molar-refractivity contribution in [2.75, 3.05) is 0 Å². The van der Waals surface area contributed by atoms with Gasteiger partial charge in [0.15, 0.2) is 0 Å². The lowest BCUT2D eigenvalue weighted by atomic mass is 10.0. The van der Waals surface area contributed by atoms with Crippen molar-refractivity contribution >= 4 is 34.2 Å². The number of aromatic amines is 1. The van der Waals surface area contributed by atoms with Crippen LogP contribution in [0.15, 0.2) is 36.7 Å². The molecule has 21 heavy (non-hydrogen) atoms. The van der Waals surface area contributed by atoms with Gasteiger partial charge in [0, 0.05) is 11.1 Å². The molecule has 3 aromatic rings. The number of H-pyrrole nitrogens is 1. The van der Waals surface area contributed by atoms with Gasteiger partial charge in [0.25, 0.3) is 0 Å². The zero-order valence-electron chi connectivity index (χ0n) is 10.4. The fourth-order valence-corrected chi connectivity index (χ4v) is 2.84. The minimum absolute atomic E-state index is 0.00573. The number of aromatic nitrogens is 2. The fourth-order valence-electron chi connectivity index (χ4n) is 2.13. The van der Waals surface area contributed by atoms with Crippen LogP contribution in [-0.4, -0.2) is 16.6 Å². The van der Waals surface area contributed by atoms with E-state index in [1.54, 1.807) is 24.3 Å². The first kappa shape index (κ1) is 14.1. The van der Waals surface area contributed by atoms with E-state index in [0.29, 0.717) is 27.2 Å². The highest BCUT2D eigenvalue weighted by molar-refractivity contribution is 6.42. The Morgan fingerprint density at radius 3 is 2.71 bits per heavy atom. The van der Waals surface area contributed by atoms with E-state index >= 15 is 0 Å². The van der Waals surface area contributed by atoms with Gasteiger partial charge in [-0.15, -0.1) is 0 Å². The van der Waals surface area contributed by atoms with Crippen LogP contribution < -0.4 is 4.74 Å². The van der Waals surface area contributed by atoms with Crippen molar-refractivity contribution in [1.29, 1.82) is 0 Å². The molecule has 0 unspecified atom stereocenters.